The van der Waals surface area contributed by atoms with Crippen LogP contribution in [0.25, 0.3) is 0 Å². The molecule has 0 bridgehead atoms. The fourth-order valence-corrected chi connectivity index (χ4v) is 22.5. The highest BCUT2D eigenvalue weighted by molar-refractivity contribution is 5.94. The van der Waals surface area contributed by atoms with Gasteiger partial charge in [-0.3, -0.25) is 14.4 Å². The van der Waals surface area contributed by atoms with E-state index in [1.54, 1.807) is 158 Å². The molecule has 1 N–H and O–H groups in total. The van der Waals surface area contributed by atoms with Crippen LogP contribution >= 0.6 is 0 Å². The Balaban J connectivity index is 0.708. The molecule has 714 valence electrons. The van der Waals surface area contributed by atoms with Gasteiger partial charge in [0.1, 0.15) is 50.3 Å². The highest BCUT2D eigenvalue weighted by Gasteiger charge is 2.71. The van der Waals surface area contributed by atoms with Crippen molar-refractivity contribution in [1.29, 1.82) is 0 Å². The number of benzene rings is 8. The van der Waals surface area contributed by atoms with Gasteiger partial charge in [-0.2, -0.15) is 0 Å². The van der Waals surface area contributed by atoms with Gasteiger partial charge in [-0.15, -0.1) is 0 Å². The van der Waals surface area contributed by atoms with Crippen molar-refractivity contribution in [1.82, 2.24) is 0 Å². The predicted octanol–water partition coefficient (Wildman–Crippen LogP) is 16.2. The van der Waals surface area contributed by atoms with Gasteiger partial charge < -0.3 is 80.9 Å². The van der Waals surface area contributed by atoms with Gasteiger partial charge in [-0.25, -0.2) is 38.4 Å². The van der Waals surface area contributed by atoms with Crippen LogP contribution in [0, 0.1) is 50.2 Å². The molecule has 28 nitrogen and oxygen atoms in total. The Hall–Kier alpha value is -12.6. The summed E-state index contributed by atoms with van der Waals surface area (Å²) < 4.78 is 104. The fourth-order valence-electron chi connectivity index (χ4n) is 22.5. The number of carbonyl (C=O) groups is 11. The van der Waals surface area contributed by atoms with Crippen LogP contribution in [-0.2, 0) is 90.2 Å². The molecule has 3 saturated heterocycles. The number of allylic oxidation sites excluding steroid dienone is 2. The van der Waals surface area contributed by atoms with Crippen molar-refractivity contribution >= 4 is 65.7 Å². The van der Waals surface area contributed by atoms with E-state index in [1.807, 2.05) is 0 Å². The van der Waals surface area contributed by atoms with Gasteiger partial charge in [-0.1, -0.05) is 206 Å². The second kappa shape index (κ2) is 40.8. The molecule has 0 spiro atoms. The summed E-state index contributed by atoms with van der Waals surface area (Å²) in [6.45, 7) is 16.1. The maximum Gasteiger partial charge on any atom is 0.338 e. The SMILES string of the molecule is CC(=O)OC[C@H]1O[C@@H](O[C@H]2CC[C@]3(C)[C@H]4CC=C5[C@@H]6CC(C)(C)CC[C@]6(C(=O)O[C@@H]6O[C@H](COC(=O)c7ccccc7)[C@@H](OC(=O)c7ccccc7)[C@H](OC(=O)c7ccccc7)[C@H]6OC(=O)c6ccccc6)CC[C@@]5(C)[C@]4(C)CC[C@H]3C2(C)C)[C@H](O)[C@@H](O[C@@H]2O[C@H](COC(=O)c3ccccc3)[C@@H](OC(=O)c3ccccc3)[C@H](OC(=O)c3ccccc3)[C@H]2OC(=O)c2ccccc2)[C@@H]1OC(C)=O. The molecule has 8 aliphatic rings. The molecule has 8 aromatic rings. The molecule has 3 aliphatic heterocycles. The van der Waals surface area contributed by atoms with Crippen LogP contribution in [0.2, 0.25) is 0 Å². The summed E-state index contributed by atoms with van der Waals surface area (Å²) in [6, 6.07) is 63.6. The van der Waals surface area contributed by atoms with Crippen molar-refractivity contribution < 1.29 is 134 Å². The van der Waals surface area contributed by atoms with Crippen molar-refractivity contribution in [3.8, 4) is 0 Å². The molecule has 136 heavy (non-hydrogen) atoms. The third-order valence-electron chi connectivity index (χ3n) is 29.6. The summed E-state index contributed by atoms with van der Waals surface area (Å²) >= 11 is 0. The second-order valence-electron chi connectivity index (χ2n) is 38.7. The second-order valence-corrected chi connectivity index (χ2v) is 38.7. The minimum Gasteiger partial charge on any atom is -0.463 e. The fraction of sp³-hybridized carbons (Fsp3) is 0.435. The number of hydrogen-bond acceptors (Lipinski definition) is 28. The summed E-state index contributed by atoms with van der Waals surface area (Å²) in [5, 5.41) is 13.4. The minimum absolute atomic E-state index is 0.00103. The Morgan fingerprint density at radius 1 is 0.338 bits per heavy atom. The average Bonchev–Trinajstić information content (AvgIpc) is 0.672. The van der Waals surface area contributed by atoms with Gasteiger partial charge in [0.05, 0.1) is 56.0 Å². The van der Waals surface area contributed by atoms with Gasteiger partial charge >= 0.3 is 65.7 Å². The number of aliphatic hydroxyl groups excluding tert-OH is 1. The van der Waals surface area contributed by atoms with Crippen molar-refractivity contribution in [2.45, 2.75) is 225 Å². The third kappa shape index (κ3) is 20.2. The molecule has 3 heterocycles. The number of aliphatic hydroxyl groups is 1. The maximum absolute atomic E-state index is 16.6. The molecular formula is C108H114O28. The van der Waals surface area contributed by atoms with E-state index in [0.717, 1.165) is 18.9 Å². The highest BCUT2D eigenvalue weighted by atomic mass is 16.8. The third-order valence-corrected chi connectivity index (χ3v) is 29.6. The number of hydrogen-bond donors (Lipinski definition) is 1. The monoisotopic (exact) mass is 1860 g/mol. The molecule has 4 saturated carbocycles. The van der Waals surface area contributed by atoms with E-state index in [0.29, 0.717) is 57.8 Å². The van der Waals surface area contributed by atoms with Crippen molar-refractivity contribution in [3.05, 3.63) is 299 Å². The zero-order valence-corrected chi connectivity index (χ0v) is 77.3. The van der Waals surface area contributed by atoms with Gasteiger partial charge in [0.2, 0.25) is 12.4 Å². The number of ether oxygens (including phenoxy) is 16. The highest BCUT2D eigenvalue weighted by Crippen LogP contribution is 2.76. The van der Waals surface area contributed by atoms with E-state index in [4.69, 9.17) is 75.8 Å². The number of esters is 11. The smallest absolute Gasteiger partial charge is 0.338 e. The zero-order valence-electron chi connectivity index (χ0n) is 77.3. The lowest BCUT2D eigenvalue weighted by Gasteiger charge is -2.71. The first-order valence-electron chi connectivity index (χ1n) is 46.4. The average molecular weight is 1860 g/mol. The summed E-state index contributed by atoms with van der Waals surface area (Å²) in [6.07, 6.45) is -19.8. The molecule has 16 rings (SSSR count). The largest absolute Gasteiger partial charge is 0.463 e. The predicted molar refractivity (Wildman–Crippen MR) is 486 cm³/mol. The van der Waals surface area contributed by atoms with E-state index in [2.05, 4.69) is 54.5 Å². The number of rotatable bonds is 27. The van der Waals surface area contributed by atoms with Crippen LogP contribution in [0.4, 0.5) is 0 Å². The van der Waals surface area contributed by atoms with Crippen molar-refractivity contribution in [2.24, 2.45) is 50.2 Å². The first kappa shape index (κ1) is 96.5. The quantitative estimate of drug-likeness (QED) is 0.0216. The van der Waals surface area contributed by atoms with Crippen LogP contribution in [0.3, 0.4) is 0 Å². The lowest BCUT2D eigenvalue weighted by Crippen LogP contribution is -2.68. The Bertz CT molecular complexity index is 5650. The number of fused-ring (bicyclic) bond motifs is 7. The van der Waals surface area contributed by atoms with Crippen LogP contribution in [0.5, 0.6) is 0 Å². The van der Waals surface area contributed by atoms with Gasteiger partial charge in [-0.05, 0) is 206 Å². The number of carbonyl (C=O) groups excluding carboxylic acids is 11. The summed E-state index contributed by atoms with van der Waals surface area (Å²) in [5.74, 6) is -10.1. The van der Waals surface area contributed by atoms with Gasteiger partial charge in [0.15, 0.2) is 49.2 Å². The molecule has 8 aromatic carbocycles. The molecule has 5 aliphatic carbocycles. The molecule has 0 unspecified atom stereocenters. The van der Waals surface area contributed by atoms with E-state index in [-0.39, 0.29) is 61.8 Å². The van der Waals surface area contributed by atoms with Gasteiger partial charge in [0.25, 0.3) is 0 Å². The van der Waals surface area contributed by atoms with Crippen LogP contribution in [-0.4, -0.2) is 189 Å². The molecule has 7 fully saturated rings. The molecule has 28 heteroatoms. The minimum atomic E-state index is -2.06. The standard InChI is InChI=1S/C108H114O28/c1-64(109)121-61-76-83(124-65(2)110)86(135-100-89(133-97(118)72-46-30-16-31-47-72)87(131-95(116)70-42-26-14-27-43-70)84(129-93(114)68-38-22-12-23-39-68)77(126-100)62-122-91(112)66-34-18-10-19-35-66)82(111)99(125-76)128-81-53-54-105(7)79(104(81,5)6)52-55-107(9)80(105)51-50-74-75-60-103(3,4)56-58-108(75,59-57-106(74,107)8)102(120)136-101-90(134-98(119)73-48-32-17-33-49-73)88(132-96(117)71-44-28-15-29-45-71)85(130-94(115)69-40-24-13-25-41-69)78(127-101)63-123-92(113)67-36-20-11-21-37-67/h10-50,75-90,99-101,111H,51-63H2,1-9H3/t75-,76+,77+,78+,79-,80+,81-,82+,83+,84+,85+,86+,87-,88-,89+,90+,99-,100-,101-,105-,106+,107+,108-/m0/s1. The lowest BCUT2D eigenvalue weighted by atomic mass is 9.33. The Morgan fingerprint density at radius 3 is 1.10 bits per heavy atom. The van der Waals surface area contributed by atoms with Crippen molar-refractivity contribution in [2.75, 3.05) is 19.8 Å². The normalized spacial score (nSPS) is 31.2. The van der Waals surface area contributed by atoms with Crippen LogP contribution in [0.15, 0.2) is 254 Å². The molecule has 0 amide bonds. The van der Waals surface area contributed by atoms with Crippen LogP contribution < -0.4 is 0 Å². The van der Waals surface area contributed by atoms with Gasteiger partial charge in [0, 0.05) is 13.8 Å². The Kier molecular flexibility index (Phi) is 28.9. The topological polar surface area (TPSA) is 356 Å². The van der Waals surface area contributed by atoms with E-state index >= 15 is 4.79 Å². The van der Waals surface area contributed by atoms with E-state index in [9.17, 15) is 53.1 Å². The molecule has 23 atom stereocenters. The zero-order chi connectivity index (χ0) is 96.0. The molecule has 0 radical (unpaired) electrons. The Morgan fingerprint density at radius 2 is 0.691 bits per heavy atom. The van der Waals surface area contributed by atoms with Crippen molar-refractivity contribution in [3.63, 3.8) is 0 Å². The van der Waals surface area contributed by atoms with Crippen LogP contribution in [0.1, 0.15) is 209 Å². The Labute approximate surface area is 788 Å². The summed E-state index contributed by atoms with van der Waals surface area (Å²) in [5.41, 5.74) is -1.88. The molecular weight excluding hydrogens is 1750 g/mol. The molecule has 0 aromatic heterocycles. The van der Waals surface area contributed by atoms with E-state index < -0.39 is 217 Å². The lowest BCUT2D eigenvalue weighted by molar-refractivity contribution is -0.368. The summed E-state index contributed by atoms with van der Waals surface area (Å²) in [7, 11) is 0. The first-order valence-corrected chi connectivity index (χ1v) is 46.4. The maximum atomic E-state index is 16.6. The first-order chi connectivity index (χ1) is 65.3. The van der Waals surface area contributed by atoms with E-state index in [1.165, 1.54) is 91.9 Å². The summed E-state index contributed by atoms with van der Waals surface area (Å²) in [4.78, 5) is 160.